The van der Waals surface area contributed by atoms with E-state index in [1.165, 1.54) is 0 Å². The number of para-hydroxylation sites is 1. The molecule has 0 radical (unpaired) electrons. The fourth-order valence-electron chi connectivity index (χ4n) is 1.99. The van der Waals surface area contributed by atoms with Crippen LogP contribution in [0.2, 0.25) is 0 Å². The molecule has 0 aliphatic rings. The highest BCUT2D eigenvalue weighted by Crippen LogP contribution is 2.22. The average Bonchev–Trinajstić information content (AvgIpc) is 2.49. The number of nitrogens with zero attached hydrogens (tertiary/aromatic N) is 2. The molecule has 2 aromatic rings. The van der Waals surface area contributed by atoms with Crippen LogP contribution in [0.4, 0.5) is 11.5 Å². The van der Waals surface area contributed by atoms with Crippen LogP contribution in [-0.2, 0) is 0 Å². The minimum absolute atomic E-state index is 0.192. The number of hydrogen-bond donors (Lipinski definition) is 2. The normalized spacial score (nSPS) is 10.2. The van der Waals surface area contributed by atoms with Crippen LogP contribution in [0.15, 0.2) is 30.3 Å². The van der Waals surface area contributed by atoms with Gasteiger partial charge in [-0.3, -0.25) is 4.79 Å². The van der Waals surface area contributed by atoms with E-state index in [-0.39, 0.29) is 5.91 Å². The summed E-state index contributed by atoms with van der Waals surface area (Å²) in [7, 11) is 0. The molecule has 1 heterocycles. The molecule has 5 heteroatoms. The third-order valence-corrected chi connectivity index (χ3v) is 3.17. The second-order valence-electron chi connectivity index (χ2n) is 4.95. The number of amides is 1. The highest BCUT2D eigenvalue weighted by atomic mass is 16.1. The first-order valence-corrected chi connectivity index (χ1v) is 7.07. The summed E-state index contributed by atoms with van der Waals surface area (Å²) in [6, 6.07) is 9.53. The Bertz CT molecular complexity index is 602. The first-order valence-electron chi connectivity index (χ1n) is 7.07. The summed E-state index contributed by atoms with van der Waals surface area (Å²) in [5, 5.41) is 14.0. The maximum Gasteiger partial charge on any atom is 0.271 e. The summed E-state index contributed by atoms with van der Waals surface area (Å²) < 4.78 is 0. The lowest BCUT2D eigenvalue weighted by Gasteiger charge is -2.11. The van der Waals surface area contributed by atoms with Gasteiger partial charge in [-0.1, -0.05) is 25.1 Å². The average molecular weight is 284 g/mol. The Kier molecular flexibility index (Phi) is 4.87. The summed E-state index contributed by atoms with van der Waals surface area (Å²) in [5.41, 5.74) is 3.63. The molecule has 21 heavy (non-hydrogen) atoms. The van der Waals surface area contributed by atoms with E-state index in [2.05, 4.69) is 20.8 Å². The minimum atomic E-state index is -0.192. The molecular formula is C16H20N4O. The van der Waals surface area contributed by atoms with Crippen LogP contribution in [0.3, 0.4) is 0 Å². The number of rotatable bonds is 5. The molecule has 2 rings (SSSR count). The van der Waals surface area contributed by atoms with Crippen LogP contribution >= 0.6 is 0 Å². The molecule has 0 unspecified atom stereocenters. The second kappa shape index (κ2) is 6.83. The molecule has 110 valence electrons. The van der Waals surface area contributed by atoms with Crippen LogP contribution in [-0.4, -0.2) is 22.6 Å². The zero-order valence-corrected chi connectivity index (χ0v) is 12.6. The molecule has 0 aliphatic carbocycles. The molecule has 0 saturated heterocycles. The van der Waals surface area contributed by atoms with Gasteiger partial charge in [-0.05, 0) is 43.5 Å². The van der Waals surface area contributed by atoms with Gasteiger partial charge in [0.15, 0.2) is 11.5 Å². The van der Waals surface area contributed by atoms with Crippen LogP contribution in [0.25, 0.3) is 0 Å². The number of nitrogens with one attached hydrogen (secondary N) is 2. The summed E-state index contributed by atoms with van der Waals surface area (Å²) in [5.74, 6) is 0.433. The van der Waals surface area contributed by atoms with Gasteiger partial charge in [0.1, 0.15) is 0 Å². The van der Waals surface area contributed by atoms with Crippen molar-refractivity contribution in [3.8, 4) is 0 Å². The molecular weight excluding hydrogens is 264 g/mol. The van der Waals surface area contributed by atoms with Crippen molar-refractivity contribution in [2.75, 3.05) is 11.9 Å². The SMILES string of the molecule is CCCNC(=O)c1ccc(Nc2c(C)cccc2C)nn1. The van der Waals surface area contributed by atoms with Gasteiger partial charge in [0.05, 0.1) is 0 Å². The Hall–Kier alpha value is -2.43. The lowest BCUT2D eigenvalue weighted by Crippen LogP contribution is -2.25. The summed E-state index contributed by atoms with van der Waals surface area (Å²) >= 11 is 0. The Morgan fingerprint density at radius 2 is 1.81 bits per heavy atom. The van der Waals surface area contributed by atoms with Gasteiger partial charge in [-0.15, -0.1) is 10.2 Å². The molecule has 0 atom stereocenters. The number of anilines is 2. The van der Waals surface area contributed by atoms with Crippen molar-refractivity contribution in [3.05, 3.63) is 47.2 Å². The van der Waals surface area contributed by atoms with E-state index in [4.69, 9.17) is 0 Å². The molecule has 0 aliphatic heterocycles. The summed E-state index contributed by atoms with van der Waals surface area (Å²) in [6.45, 7) is 6.72. The Balaban J connectivity index is 2.11. The number of aryl methyl sites for hydroxylation is 2. The molecule has 2 N–H and O–H groups in total. The molecule has 0 bridgehead atoms. The smallest absolute Gasteiger partial charge is 0.271 e. The van der Waals surface area contributed by atoms with Gasteiger partial charge in [-0.25, -0.2) is 0 Å². The summed E-state index contributed by atoms with van der Waals surface area (Å²) in [6.07, 6.45) is 0.894. The molecule has 1 aromatic carbocycles. The maximum absolute atomic E-state index is 11.7. The predicted molar refractivity (Wildman–Crippen MR) is 83.9 cm³/mol. The van der Waals surface area contributed by atoms with Gasteiger partial charge in [0.25, 0.3) is 5.91 Å². The van der Waals surface area contributed by atoms with Gasteiger partial charge in [-0.2, -0.15) is 0 Å². The van der Waals surface area contributed by atoms with Crippen molar-refractivity contribution in [1.29, 1.82) is 0 Å². The Labute approximate surface area is 124 Å². The predicted octanol–water partition coefficient (Wildman–Crippen LogP) is 2.98. The number of hydrogen-bond acceptors (Lipinski definition) is 4. The molecule has 0 fully saturated rings. The zero-order chi connectivity index (χ0) is 15.2. The van der Waals surface area contributed by atoms with E-state index in [9.17, 15) is 4.79 Å². The van der Waals surface area contributed by atoms with Crippen molar-refractivity contribution in [1.82, 2.24) is 15.5 Å². The lowest BCUT2D eigenvalue weighted by molar-refractivity contribution is 0.0947. The van der Waals surface area contributed by atoms with Crippen LogP contribution in [0.1, 0.15) is 35.0 Å². The van der Waals surface area contributed by atoms with Crippen molar-refractivity contribution >= 4 is 17.4 Å². The van der Waals surface area contributed by atoms with Crippen molar-refractivity contribution in [3.63, 3.8) is 0 Å². The van der Waals surface area contributed by atoms with E-state index >= 15 is 0 Å². The standard InChI is InChI=1S/C16H20N4O/c1-4-10-17-16(21)13-8-9-14(20-19-13)18-15-11(2)6-5-7-12(15)3/h5-9H,4,10H2,1-3H3,(H,17,21)(H,18,20). The van der Waals surface area contributed by atoms with Gasteiger partial charge < -0.3 is 10.6 Å². The fraction of sp³-hybridized carbons (Fsp3) is 0.312. The second-order valence-corrected chi connectivity index (χ2v) is 4.95. The van der Waals surface area contributed by atoms with Gasteiger partial charge >= 0.3 is 0 Å². The van der Waals surface area contributed by atoms with E-state index in [1.807, 2.05) is 39.0 Å². The minimum Gasteiger partial charge on any atom is -0.351 e. The summed E-state index contributed by atoms with van der Waals surface area (Å²) in [4.78, 5) is 11.7. The van der Waals surface area contributed by atoms with Crippen LogP contribution < -0.4 is 10.6 Å². The number of benzene rings is 1. The zero-order valence-electron chi connectivity index (χ0n) is 12.6. The third-order valence-electron chi connectivity index (χ3n) is 3.17. The molecule has 1 aromatic heterocycles. The van der Waals surface area contributed by atoms with Crippen molar-refractivity contribution in [2.45, 2.75) is 27.2 Å². The third kappa shape index (κ3) is 3.78. The van der Waals surface area contributed by atoms with E-state index < -0.39 is 0 Å². The Morgan fingerprint density at radius 1 is 1.10 bits per heavy atom. The van der Waals surface area contributed by atoms with Crippen LogP contribution in [0, 0.1) is 13.8 Å². The maximum atomic E-state index is 11.7. The number of aromatic nitrogens is 2. The Morgan fingerprint density at radius 3 is 2.38 bits per heavy atom. The van der Waals surface area contributed by atoms with E-state index in [0.29, 0.717) is 18.1 Å². The first-order chi connectivity index (χ1) is 10.1. The van der Waals surface area contributed by atoms with Crippen LogP contribution in [0.5, 0.6) is 0 Å². The lowest BCUT2D eigenvalue weighted by atomic mass is 10.1. The number of carbonyl (C=O) groups excluding carboxylic acids is 1. The highest BCUT2D eigenvalue weighted by molar-refractivity contribution is 5.92. The van der Waals surface area contributed by atoms with Gasteiger partial charge in [0.2, 0.25) is 0 Å². The molecule has 5 nitrogen and oxygen atoms in total. The quantitative estimate of drug-likeness (QED) is 0.885. The topological polar surface area (TPSA) is 66.9 Å². The molecule has 1 amide bonds. The number of carbonyl (C=O) groups is 1. The monoisotopic (exact) mass is 284 g/mol. The molecule has 0 saturated carbocycles. The van der Waals surface area contributed by atoms with Crippen molar-refractivity contribution < 1.29 is 4.79 Å². The van der Waals surface area contributed by atoms with Gasteiger partial charge in [0, 0.05) is 12.2 Å². The van der Waals surface area contributed by atoms with Crippen molar-refractivity contribution in [2.24, 2.45) is 0 Å². The largest absolute Gasteiger partial charge is 0.351 e. The molecule has 0 spiro atoms. The highest BCUT2D eigenvalue weighted by Gasteiger charge is 2.08. The van der Waals surface area contributed by atoms with E-state index in [0.717, 1.165) is 23.2 Å². The van der Waals surface area contributed by atoms with E-state index in [1.54, 1.807) is 12.1 Å². The fourth-order valence-corrected chi connectivity index (χ4v) is 1.99. The first kappa shape index (κ1) is 15.0.